The highest BCUT2D eigenvalue weighted by Crippen LogP contribution is 2.30. The molecule has 118 valence electrons. The number of nitrogens with zero attached hydrogens (tertiary/aromatic N) is 3. The van der Waals surface area contributed by atoms with E-state index in [2.05, 4.69) is 15.0 Å². The Bertz CT molecular complexity index is 655. The summed E-state index contributed by atoms with van der Waals surface area (Å²) in [5.74, 6) is -0.118. The summed E-state index contributed by atoms with van der Waals surface area (Å²) in [6.07, 6.45) is 0.215. The van der Waals surface area contributed by atoms with E-state index in [1.165, 1.54) is 29.2 Å². The summed E-state index contributed by atoms with van der Waals surface area (Å²) >= 11 is 2.83. The maximum atomic E-state index is 11.5. The topological polar surface area (TPSA) is 105 Å². The third-order valence-corrected chi connectivity index (χ3v) is 4.91. The quantitative estimate of drug-likeness (QED) is 0.607. The van der Waals surface area contributed by atoms with E-state index < -0.39 is 6.01 Å². The van der Waals surface area contributed by atoms with Crippen molar-refractivity contribution in [2.24, 2.45) is 0 Å². The Morgan fingerprint density at radius 2 is 2.14 bits per heavy atom. The fraction of sp³-hybridized carbons (Fsp3) is 0.385. The highest BCUT2D eigenvalue weighted by Gasteiger charge is 2.13. The number of hydrogen-bond acceptors (Lipinski definition) is 9. The molecule has 2 heterocycles. The van der Waals surface area contributed by atoms with Crippen LogP contribution in [0.15, 0.2) is 10.4 Å². The van der Waals surface area contributed by atoms with Gasteiger partial charge >= 0.3 is 12.0 Å². The first-order chi connectivity index (χ1) is 10.5. The van der Waals surface area contributed by atoms with Crippen molar-refractivity contribution in [3.05, 3.63) is 22.3 Å². The smallest absolute Gasteiger partial charge is 0.317 e. The molecular weight excluding hydrogens is 326 g/mol. The first kappa shape index (κ1) is 16.5. The van der Waals surface area contributed by atoms with Crippen molar-refractivity contribution in [3.8, 4) is 11.9 Å². The van der Waals surface area contributed by atoms with Gasteiger partial charge in [0.25, 0.3) is 0 Å². The lowest BCUT2D eigenvalue weighted by atomic mass is 10.3. The van der Waals surface area contributed by atoms with E-state index in [-0.39, 0.29) is 18.3 Å². The van der Waals surface area contributed by atoms with Crippen LogP contribution in [0.25, 0.3) is 0 Å². The van der Waals surface area contributed by atoms with Crippen LogP contribution < -0.4 is 0 Å². The summed E-state index contributed by atoms with van der Waals surface area (Å²) in [7, 11) is 0. The molecule has 0 amide bonds. The number of carbonyl (C=O) groups is 1. The zero-order valence-corrected chi connectivity index (χ0v) is 13.7. The van der Waals surface area contributed by atoms with Crippen molar-refractivity contribution in [1.82, 2.24) is 15.0 Å². The Hall–Kier alpha value is -1.87. The summed E-state index contributed by atoms with van der Waals surface area (Å²) in [6.45, 7) is 3.97. The summed E-state index contributed by atoms with van der Waals surface area (Å²) in [4.78, 5) is 24.0. The van der Waals surface area contributed by atoms with Crippen molar-refractivity contribution in [2.45, 2.75) is 30.4 Å². The molecule has 0 radical (unpaired) electrons. The molecule has 0 saturated carbocycles. The number of esters is 1. The Morgan fingerprint density at radius 3 is 2.82 bits per heavy atom. The highest BCUT2D eigenvalue weighted by atomic mass is 32.2. The van der Waals surface area contributed by atoms with E-state index in [0.29, 0.717) is 18.1 Å². The number of thiazole rings is 1. The standard InChI is InChI=1S/C13H15N3O4S2/c1-3-20-11(18)5-9-7(2)14-13(22-9)21-6-8-4-10(17)16-12(19)15-8/h4H,3,5-6H2,1-2H3,(H2,15,16,17,19). The molecule has 0 spiro atoms. The lowest BCUT2D eigenvalue weighted by molar-refractivity contribution is -0.142. The normalized spacial score (nSPS) is 10.6. The van der Waals surface area contributed by atoms with Gasteiger partial charge in [-0.1, -0.05) is 11.8 Å². The minimum atomic E-state index is -0.464. The van der Waals surface area contributed by atoms with E-state index >= 15 is 0 Å². The monoisotopic (exact) mass is 341 g/mol. The summed E-state index contributed by atoms with van der Waals surface area (Å²) < 4.78 is 5.71. The minimum absolute atomic E-state index is 0.215. The molecule has 22 heavy (non-hydrogen) atoms. The molecule has 0 saturated heterocycles. The second-order valence-corrected chi connectivity index (χ2v) is 6.58. The van der Waals surface area contributed by atoms with Gasteiger partial charge in [0, 0.05) is 16.7 Å². The highest BCUT2D eigenvalue weighted by molar-refractivity contribution is 8.00. The van der Waals surface area contributed by atoms with Gasteiger partial charge in [0.15, 0.2) is 4.34 Å². The van der Waals surface area contributed by atoms with E-state index in [1.807, 2.05) is 6.92 Å². The lowest BCUT2D eigenvalue weighted by Gasteiger charge is -2.00. The number of thioether (sulfide) groups is 1. The number of carbonyl (C=O) groups excluding carboxylic acids is 1. The fourth-order valence-electron chi connectivity index (χ4n) is 1.65. The first-order valence-electron chi connectivity index (χ1n) is 6.48. The van der Waals surface area contributed by atoms with Gasteiger partial charge in [-0.3, -0.25) is 4.79 Å². The summed E-state index contributed by atoms with van der Waals surface area (Å²) in [5.41, 5.74) is 1.30. The van der Waals surface area contributed by atoms with Gasteiger partial charge in [0.05, 0.1) is 24.4 Å². The van der Waals surface area contributed by atoms with Crippen LogP contribution in [0.5, 0.6) is 11.9 Å². The molecule has 0 aromatic carbocycles. The number of aryl methyl sites for hydroxylation is 1. The van der Waals surface area contributed by atoms with Crippen LogP contribution >= 0.6 is 23.1 Å². The number of aromatic nitrogens is 3. The van der Waals surface area contributed by atoms with Gasteiger partial charge in [0.1, 0.15) is 0 Å². The molecule has 0 unspecified atom stereocenters. The van der Waals surface area contributed by atoms with Gasteiger partial charge in [-0.2, -0.15) is 9.97 Å². The molecule has 0 fully saturated rings. The van der Waals surface area contributed by atoms with Gasteiger partial charge < -0.3 is 14.9 Å². The molecule has 7 nitrogen and oxygen atoms in total. The van der Waals surface area contributed by atoms with Gasteiger partial charge in [-0.15, -0.1) is 11.3 Å². The number of ether oxygens (including phenoxy) is 1. The first-order valence-corrected chi connectivity index (χ1v) is 8.28. The predicted octanol–water partition coefficient (Wildman–Crippen LogP) is 2.05. The van der Waals surface area contributed by atoms with Crippen LogP contribution in [0.2, 0.25) is 0 Å². The van der Waals surface area contributed by atoms with Crippen LogP contribution in [-0.2, 0) is 21.7 Å². The Balaban J connectivity index is 2.00. The summed E-state index contributed by atoms with van der Waals surface area (Å²) in [6, 6.07) is 0.918. The maximum absolute atomic E-state index is 11.5. The molecular formula is C13H15N3O4S2. The second kappa shape index (κ2) is 7.41. The lowest BCUT2D eigenvalue weighted by Crippen LogP contribution is -2.07. The number of rotatable bonds is 6. The largest absolute Gasteiger partial charge is 0.493 e. The van der Waals surface area contributed by atoms with Crippen molar-refractivity contribution in [1.29, 1.82) is 0 Å². The van der Waals surface area contributed by atoms with Crippen LogP contribution in [0.4, 0.5) is 0 Å². The predicted molar refractivity (Wildman–Crippen MR) is 82.1 cm³/mol. The van der Waals surface area contributed by atoms with Crippen molar-refractivity contribution in [3.63, 3.8) is 0 Å². The van der Waals surface area contributed by atoms with Crippen molar-refractivity contribution in [2.75, 3.05) is 6.61 Å². The zero-order chi connectivity index (χ0) is 16.1. The average molecular weight is 341 g/mol. The van der Waals surface area contributed by atoms with Gasteiger partial charge in [-0.05, 0) is 13.8 Å². The van der Waals surface area contributed by atoms with E-state index in [1.54, 1.807) is 6.92 Å². The molecule has 2 rings (SSSR count). The number of aromatic hydroxyl groups is 2. The van der Waals surface area contributed by atoms with Crippen LogP contribution in [0.1, 0.15) is 23.2 Å². The fourth-order valence-corrected chi connectivity index (χ4v) is 3.76. The minimum Gasteiger partial charge on any atom is -0.493 e. The molecule has 2 aromatic heterocycles. The van der Waals surface area contributed by atoms with E-state index in [9.17, 15) is 15.0 Å². The maximum Gasteiger partial charge on any atom is 0.317 e. The van der Waals surface area contributed by atoms with Gasteiger partial charge in [0.2, 0.25) is 5.88 Å². The average Bonchev–Trinajstić information content (AvgIpc) is 2.76. The third-order valence-electron chi connectivity index (χ3n) is 2.58. The zero-order valence-electron chi connectivity index (χ0n) is 12.1. The molecule has 0 aliphatic rings. The van der Waals surface area contributed by atoms with Crippen LogP contribution in [0.3, 0.4) is 0 Å². The number of hydrogen-bond donors (Lipinski definition) is 2. The molecule has 9 heteroatoms. The molecule has 0 bridgehead atoms. The van der Waals surface area contributed by atoms with Crippen LogP contribution in [0, 0.1) is 6.92 Å². The molecule has 0 atom stereocenters. The van der Waals surface area contributed by atoms with Crippen molar-refractivity contribution < 1.29 is 19.7 Å². The SMILES string of the molecule is CCOC(=O)Cc1sc(SCc2cc(O)nc(O)n2)nc1C. The van der Waals surface area contributed by atoms with Crippen molar-refractivity contribution >= 4 is 29.1 Å². The van der Waals surface area contributed by atoms with E-state index in [4.69, 9.17) is 4.74 Å². The third kappa shape index (κ3) is 4.57. The van der Waals surface area contributed by atoms with Gasteiger partial charge in [-0.25, -0.2) is 4.98 Å². The Kier molecular flexibility index (Phi) is 5.56. The molecule has 2 N–H and O–H groups in total. The molecule has 0 aliphatic heterocycles. The summed E-state index contributed by atoms with van der Waals surface area (Å²) in [5, 5.41) is 18.5. The second-order valence-electron chi connectivity index (χ2n) is 4.28. The Morgan fingerprint density at radius 1 is 1.36 bits per heavy atom. The van der Waals surface area contributed by atoms with Crippen LogP contribution in [-0.4, -0.2) is 37.7 Å². The Labute approximate surface area is 135 Å². The molecule has 2 aromatic rings. The van der Waals surface area contributed by atoms with E-state index in [0.717, 1.165) is 14.9 Å². The molecule has 0 aliphatic carbocycles.